The van der Waals surface area contributed by atoms with Crippen LogP contribution in [0.4, 0.5) is 0 Å². The van der Waals surface area contributed by atoms with Crippen molar-refractivity contribution in [1.82, 2.24) is 0 Å². The molecule has 0 aromatic carbocycles. The third-order valence-corrected chi connectivity index (χ3v) is 3.52. The Balaban J connectivity index is 3.68. The second-order valence-electron chi connectivity index (χ2n) is 4.78. The second-order valence-corrected chi connectivity index (χ2v) is 5.57. The minimum absolute atomic E-state index is 0.402. The van der Waals surface area contributed by atoms with Gasteiger partial charge in [0.15, 0.2) is 0 Å². The molecule has 18 heavy (non-hydrogen) atoms. The molecule has 0 nitrogen and oxygen atoms in total. The van der Waals surface area contributed by atoms with E-state index in [0.29, 0.717) is 12.1 Å². The summed E-state index contributed by atoms with van der Waals surface area (Å²) in [6.45, 7) is 2.23. The minimum Gasteiger partial charge on any atom is -0.0928 e. The highest BCUT2D eigenvalue weighted by atomic mass is 79.9. The molecule has 0 fully saturated rings. The normalized spacial score (nSPS) is 14.6. The molecule has 0 aromatic heterocycles. The fraction of sp³-hybridized carbons (Fsp3) is 0.765. The average molecular weight is 317 g/mol. The quantitative estimate of drug-likeness (QED) is 0.199. The van der Waals surface area contributed by atoms with Crippen molar-refractivity contribution in [2.75, 3.05) is 5.33 Å². The summed E-state index contributed by atoms with van der Waals surface area (Å²) in [5, 5.41) is 1.08. The third kappa shape index (κ3) is 16.0. The van der Waals surface area contributed by atoms with E-state index in [1.165, 1.54) is 51.4 Å². The van der Waals surface area contributed by atoms with Gasteiger partial charge in [-0.15, -0.1) is 0 Å². The van der Waals surface area contributed by atoms with Gasteiger partial charge in [0.2, 0.25) is 0 Å². The number of halogens is 1. The molecule has 0 bridgehead atoms. The third-order valence-electron chi connectivity index (χ3n) is 2.96. The van der Waals surface area contributed by atoms with Crippen LogP contribution >= 0.6 is 15.9 Å². The highest BCUT2D eigenvalue weighted by Gasteiger charge is 1.87. The van der Waals surface area contributed by atoms with Gasteiger partial charge in [0, 0.05) is 5.33 Å². The van der Waals surface area contributed by atoms with E-state index in [4.69, 9.17) is 2.74 Å². The lowest BCUT2D eigenvalue weighted by atomic mass is 10.1. The lowest BCUT2D eigenvalue weighted by molar-refractivity contribution is 0.611. The predicted molar refractivity (Wildman–Crippen MR) is 88.5 cm³/mol. The van der Waals surface area contributed by atoms with Crippen molar-refractivity contribution in [2.24, 2.45) is 0 Å². The monoisotopic (exact) mass is 316 g/mol. The molecule has 1 heteroatoms. The average Bonchev–Trinajstić information content (AvgIpc) is 2.45. The Bertz CT molecular complexity index is 272. The topological polar surface area (TPSA) is 0 Å². The summed E-state index contributed by atoms with van der Waals surface area (Å²) in [5.74, 6) is 0. The van der Waals surface area contributed by atoms with Crippen molar-refractivity contribution in [3.63, 3.8) is 0 Å². The molecule has 0 radical (unpaired) electrons. The Hall–Kier alpha value is -0.0400. The van der Waals surface area contributed by atoms with E-state index >= 15 is 0 Å². The van der Waals surface area contributed by atoms with Crippen LogP contribution in [-0.2, 0) is 0 Å². The van der Waals surface area contributed by atoms with Crippen LogP contribution in [0.2, 0.25) is 0 Å². The van der Waals surface area contributed by atoms with Gasteiger partial charge in [0.05, 0.1) is 2.74 Å². The number of rotatable bonds is 13. The Kier molecular flexibility index (Phi) is 13.5. The van der Waals surface area contributed by atoms with Gasteiger partial charge in [0.25, 0.3) is 0 Å². The molecule has 0 spiro atoms. The van der Waals surface area contributed by atoms with E-state index in [1.807, 2.05) is 12.2 Å². The van der Waals surface area contributed by atoms with E-state index in [9.17, 15) is 0 Å². The molecule has 0 aliphatic carbocycles. The first-order valence-electron chi connectivity index (χ1n) is 8.61. The Morgan fingerprint density at radius 2 is 1.56 bits per heavy atom. The van der Waals surface area contributed by atoms with Crippen molar-refractivity contribution >= 4 is 15.9 Å². The molecule has 0 atom stereocenters. The lowest BCUT2D eigenvalue weighted by Gasteiger charge is -1.97. The number of allylic oxidation sites excluding steroid dienone is 4. The predicted octanol–water partition coefficient (Wildman–Crippen LogP) is 6.80. The summed E-state index contributed by atoms with van der Waals surface area (Å²) in [4.78, 5) is 0. The van der Waals surface area contributed by atoms with Crippen LogP contribution in [0.1, 0.15) is 80.3 Å². The van der Waals surface area contributed by atoms with E-state index < -0.39 is 0 Å². The number of hydrogen-bond acceptors (Lipinski definition) is 0. The first kappa shape index (κ1) is 14.4. The van der Waals surface area contributed by atoms with Gasteiger partial charge in [-0.2, -0.15) is 0 Å². The highest BCUT2D eigenvalue weighted by Crippen LogP contribution is 2.07. The van der Waals surface area contributed by atoms with Crippen molar-refractivity contribution in [3.05, 3.63) is 24.3 Å². The van der Waals surface area contributed by atoms with Crippen molar-refractivity contribution in [3.8, 4) is 0 Å². The molecule has 0 saturated heterocycles. The van der Waals surface area contributed by atoms with Gasteiger partial charge in [-0.3, -0.25) is 0 Å². The van der Waals surface area contributed by atoms with Crippen LogP contribution in [0, 0.1) is 0 Å². The van der Waals surface area contributed by atoms with Gasteiger partial charge in [0.1, 0.15) is 0 Å². The standard InChI is InChI=1S/C17H31Br/c1-2-3-4-5-6-7-8-9-10-11-12-13-14-15-16-17-18/h9-12H,2-8,13-17H2,1H3/b10-9-,12-11+/i9D,10D. The van der Waals surface area contributed by atoms with Crippen molar-refractivity contribution in [1.29, 1.82) is 0 Å². The number of unbranched alkanes of at least 4 members (excludes halogenated alkanes) is 8. The van der Waals surface area contributed by atoms with Crippen LogP contribution in [0.5, 0.6) is 0 Å². The van der Waals surface area contributed by atoms with Gasteiger partial charge < -0.3 is 0 Å². The first-order valence-corrected chi connectivity index (χ1v) is 8.73. The minimum atomic E-state index is 0.402. The van der Waals surface area contributed by atoms with Crippen LogP contribution in [0.3, 0.4) is 0 Å². The van der Waals surface area contributed by atoms with Gasteiger partial charge in [-0.05, 0) is 32.1 Å². The maximum absolute atomic E-state index is 7.88. The van der Waals surface area contributed by atoms with Crippen molar-refractivity contribution in [2.45, 2.75) is 77.6 Å². The fourth-order valence-electron chi connectivity index (χ4n) is 1.80. The molecule has 0 rings (SSSR count). The molecule has 0 aliphatic heterocycles. The molecular weight excluding hydrogens is 284 g/mol. The van der Waals surface area contributed by atoms with Crippen molar-refractivity contribution < 1.29 is 2.74 Å². The van der Waals surface area contributed by atoms with Gasteiger partial charge in [-0.1, -0.05) is 85.6 Å². The van der Waals surface area contributed by atoms with Crippen LogP contribution in [0.15, 0.2) is 24.3 Å². The zero-order valence-corrected chi connectivity index (χ0v) is 13.6. The molecular formula is C17H31Br. The molecule has 0 saturated carbocycles. The molecule has 0 aromatic rings. The maximum Gasteiger partial charge on any atom is 0.0619 e. The molecule has 0 N–H and O–H groups in total. The maximum atomic E-state index is 7.88. The Morgan fingerprint density at radius 3 is 2.33 bits per heavy atom. The van der Waals surface area contributed by atoms with Crippen LogP contribution < -0.4 is 0 Å². The summed E-state index contributed by atoms with van der Waals surface area (Å²) in [5.41, 5.74) is 0. The van der Waals surface area contributed by atoms with Gasteiger partial charge >= 0.3 is 0 Å². The number of hydrogen-bond donors (Lipinski definition) is 0. The summed E-state index contributed by atoms with van der Waals surface area (Å²) in [6.07, 6.45) is 16.7. The molecule has 0 amide bonds. The summed E-state index contributed by atoms with van der Waals surface area (Å²) < 4.78 is 15.7. The SMILES string of the molecule is [2H]C(/C=C/CCCCCBr)=C(\[2H])CCCCCCCC. The Morgan fingerprint density at radius 1 is 0.889 bits per heavy atom. The molecule has 106 valence electrons. The van der Waals surface area contributed by atoms with Crippen LogP contribution in [-0.4, -0.2) is 5.33 Å². The molecule has 0 heterocycles. The largest absolute Gasteiger partial charge is 0.0928 e. The summed E-state index contributed by atoms with van der Waals surface area (Å²) >= 11 is 3.42. The zero-order chi connectivity index (χ0) is 15.1. The van der Waals surface area contributed by atoms with E-state index in [1.54, 1.807) is 0 Å². The first-order chi connectivity index (χ1) is 9.72. The van der Waals surface area contributed by atoms with E-state index in [0.717, 1.165) is 24.6 Å². The highest BCUT2D eigenvalue weighted by molar-refractivity contribution is 9.09. The summed E-state index contributed by atoms with van der Waals surface area (Å²) in [7, 11) is 0. The summed E-state index contributed by atoms with van der Waals surface area (Å²) in [6, 6.07) is 0.899. The molecule has 0 aliphatic rings. The smallest absolute Gasteiger partial charge is 0.0619 e. The van der Waals surface area contributed by atoms with Gasteiger partial charge in [-0.25, -0.2) is 0 Å². The van der Waals surface area contributed by atoms with E-state index in [2.05, 4.69) is 22.9 Å². The number of alkyl halides is 1. The zero-order valence-electron chi connectivity index (χ0n) is 14.0. The lowest BCUT2D eigenvalue weighted by Crippen LogP contribution is -1.77. The molecule has 0 unspecified atom stereocenters. The fourth-order valence-corrected chi connectivity index (χ4v) is 2.20. The second kappa shape index (κ2) is 17.0. The van der Waals surface area contributed by atoms with Crippen LogP contribution in [0.25, 0.3) is 0 Å². The Labute approximate surface area is 126 Å². The van der Waals surface area contributed by atoms with E-state index in [-0.39, 0.29) is 0 Å².